The van der Waals surface area contributed by atoms with Gasteiger partial charge in [-0.15, -0.1) is 6.58 Å². The van der Waals surface area contributed by atoms with Crippen LogP contribution in [0.5, 0.6) is 5.75 Å². The normalized spacial score (nSPS) is 12.4. The summed E-state index contributed by atoms with van der Waals surface area (Å²) in [5, 5.41) is 14.9. The van der Waals surface area contributed by atoms with E-state index >= 15 is 0 Å². The molecule has 10 nitrogen and oxygen atoms in total. The van der Waals surface area contributed by atoms with E-state index in [4.69, 9.17) is 4.74 Å². The number of hydrogen-bond acceptors (Lipinski definition) is 7. The number of aromatic hydroxyl groups is 1. The average Bonchev–Trinajstić information content (AvgIpc) is 2.86. The van der Waals surface area contributed by atoms with Gasteiger partial charge in [0, 0.05) is 13.0 Å². The van der Waals surface area contributed by atoms with E-state index < -0.39 is 48.1 Å². The van der Waals surface area contributed by atoms with Crippen LogP contribution in [0.15, 0.2) is 67.3 Å². The fourth-order valence-electron chi connectivity index (χ4n) is 3.62. The number of amides is 3. The molecule has 0 aliphatic rings. The molecule has 0 radical (unpaired) electrons. The minimum absolute atomic E-state index is 0.0300. The summed E-state index contributed by atoms with van der Waals surface area (Å²) in [7, 11) is 1.19. The summed E-state index contributed by atoms with van der Waals surface area (Å²) in [6, 6.07) is 12.5. The van der Waals surface area contributed by atoms with E-state index in [-0.39, 0.29) is 18.7 Å². The van der Waals surface area contributed by atoms with Crippen LogP contribution >= 0.6 is 0 Å². The van der Waals surface area contributed by atoms with Crippen molar-refractivity contribution < 1.29 is 33.8 Å². The number of nitrogens with zero attached hydrogens (tertiary/aromatic N) is 1. The van der Waals surface area contributed by atoms with E-state index in [1.807, 2.05) is 30.3 Å². The van der Waals surface area contributed by atoms with E-state index in [2.05, 4.69) is 21.9 Å². The number of methoxy groups -OCH3 is 1. The molecule has 2 rings (SSSR count). The molecule has 3 N–H and O–H groups in total. The second kappa shape index (κ2) is 13.8. The molecule has 0 aromatic heterocycles. The van der Waals surface area contributed by atoms with Gasteiger partial charge in [-0.2, -0.15) is 0 Å². The lowest BCUT2D eigenvalue weighted by atomic mass is 10.00. The van der Waals surface area contributed by atoms with E-state index in [1.54, 1.807) is 20.8 Å². The zero-order valence-corrected chi connectivity index (χ0v) is 22.1. The molecule has 0 heterocycles. The molecular formula is C28H35N3O7. The standard InChI is InChI=1S/C28H35N3O7/c1-6-16-31(24(20-12-14-21(32)15-13-20)25(34)29-18-23(33)37-5)26(35)22(17-19-10-8-7-9-11-19)30-27(36)38-28(2,3)4/h6-15,22,24,32H,1,16-18H2,2-5H3,(H,29,34)(H,30,36). The summed E-state index contributed by atoms with van der Waals surface area (Å²) in [5.41, 5.74) is 0.348. The SMILES string of the molecule is C=CCN(C(=O)C(Cc1ccccc1)NC(=O)OC(C)(C)C)C(C(=O)NCC(=O)OC)c1ccc(O)cc1. The second-order valence-corrected chi connectivity index (χ2v) is 9.46. The van der Waals surface area contributed by atoms with Crippen molar-refractivity contribution in [1.82, 2.24) is 15.5 Å². The number of benzene rings is 2. The first kappa shape index (κ1) is 29.9. The highest BCUT2D eigenvalue weighted by molar-refractivity contribution is 5.93. The van der Waals surface area contributed by atoms with Crippen LogP contribution in [0.25, 0.3) is 0 Å². The molecular weight excluding hydrogens is 490 g/mol. The largest absolute Gasteiger partial charge is 0.508 e. The number of nitrogens with one attached hydrogen (secondary N) is 2. The lowest BCUT2D eigenvalue weighted by molar-refractivity contribution is -0.144. The molecule has 0 saturated heterocycles. The molecule has 0 bridgehead atoms. The molecule has 10 heteroatoms. The number of rotatable bonds is 11. The number of ether oxygens (including phenoxy) is 2. The number of phenols is 1. The Kier molecular flexibility index (Phi) is 10.9. The van der Waals surface area contributed by atoms with Gasteiger partial charge in [0.25, 0.3) is 0 Å². The van der Waals surface area contributed by atoms with Crippen LogP contribution < -0.4 is 10.6 Å². The van der Waals surface area contributed by atoms with E-state index in [1.165, 1.54) is 42.4 Å². The van der Waals surface area contributed by atoms with Crippen LogP contribution in [-0.2, 0) is 30.3 Å². The summed E-state index contributed by atoms with van der Waals surface area (Å²) in [6.45, 7) is 8.37. The molecule has 3 amide bonds. The highest BCUT2D eigenvalue weighted by Crippen LogP contribution is 2.25. The van der Waals surface area contributed by atoms with E-state index in [0.29, 0.717) is 5.56 Å². The average molecular weight is 526 g/mol. The van der Waals surface area contributed by atoms with Crippen LogP contribution in [0.2, 0.25) is 0 Å². The van der Waals surface area contributed by atoms with Crippen molar-refractivity contribution in [2.45, 2.75) is 44.9 Å². The monoisotopic (exact) mass is 525 g/mol. The van der Waals surface area contributed by atoms with Crippen molar-refractivity contribution in [3.8, 4) is 5.75 Å². The van der Waals surface area contributed by atoms with Crippen molar-refractivity contribution in [1.29, 1.82) is 0 Å². The summed E-state index contributed by atoms with van der Waals surface area (Å²) in [4.78, 5) is 52.9. The Hall–Kier alpha value is -4.34. The Morgan fingerprint density at radius 1 is 1.05 bits per heavy atom. The van der Waals surface area contributed by atoms with Crippen LogP contribution in [0, 0.1) is 0 Å². The highest BCUT2D eigenvalue weighted by atomic mass is 16.6. The van der Waals surface area contributed by atoms with Gasteiger partial charge in [0.1, 0.15) is 30.0 Å². The first-order chi connectivity index (χ1) is 17.9. The fourth-order valence-corrected chi connectivity index (χ4v) is 3.62. The lowest BCUT2D eigenvalue weighted by Crippen LogP contribution is -2.54. The number of alkyl carbamates (subject to hydrolysis) is 1. The third-order valence-corrected chi connectivity index (χ3v) is 5.28. The van der Waals surface area contributed by atoms with Crippen molar-refractivity contribution in [3.63, 3.8) is 0 Å². The predicted molar refractivity (Wildman–Crippen MR) is 141 cm³/mol. The first-order valence-corrected chi connectivity index (χ1v) is 12.0. The van der Waals surface area contributed by atoms with Gasteiger partial charge in [0.15, 0.2) is 0 Å². The van der Waals surface area contributed by atoms with E-state index in [9.17, 15) is 24.3 Å². The molecule has 0 saturated carbocycles. The molecule has 0 spiro atoms. The molecule has 38 heavy (non-hydrogen) atoms. The summed E-state index contributed by atoms with van der Waals surface area (Å²) in [5.74, 6) is -1.94. The van der Waals surface area contributed by atoms with Gasteiger partial charge >= 0.3 is 12.1 Å². The number of carbonyl (C=O) groups is 4. The maximum Gasteiger partial charge on any atom is 0.408 e. The minimum Gasteiger partial charge on any atom is -0.508 e. The first-order valence-electron chi connectivity index (χ1n) is 12.0. The second-order valence-electron chi connectivity index (χ2n) is 9.46. The molecule has 2 aromatic rings. The smallest absolute Gasteiger partial charge is 0.408 e. The van der Waals surface area contributed by atoms with Gasteiger partial charge in [-0.25, -0.2) is 4.79 Å². The molecule has 2 unspecified atom stereocenters. The number of esters is 1. The van der Waals surface area contributed by atoms with Crippen LogP contribution in [-0.4, -0.2) is 65.7 Å². The van der Waals surface area contributed by atoms with Gasteiger partial charge in [-0.05, 0) is 44.0 Å². The minimum atomic E-state index is -1.22. The zero-order chi connectivity index (χ0) is 28.3. The summed E-state index contributed by atoms with van der Waals surface area (Å²) >= 11 is 0. The molecule has 0 aliphatic heterocycles. The Bertz CT molecular complexity index is 1110. The molecule has 2 aromatic carbocycles. The summed E-state index contributed by atoms with van der Waals surface area (Å²) in [6.07, 6.45) is 0.784. The van der Waals surface area contributed by atoms with Crippen LogP contribution in [0.4, 0.5) is 4.79 Å². The highest BCUT2D eigenvalue weighted by Gasteiger charge is 2.36. The number of hydrogen-bond donors (Lipinski definition) is 3. The van der Waals surface area contributed by atoms with Crippen molar-refractivity contribution >= 4 is 23.9 Å². The van der Waals surface area contributed by atoms with E-state index in [0.717, 1.165) is 5.56 Å². The molecule has 0 fully saturated rings. The zero-order valence-electron chi connectivity index (χ0n) is 22.1. The maximum absolute atomic E-state index is 14.0. The Morgan fingerprint density at radius 3 is 2.24 bits per heavy atom. The van der Waals surface area contributed by atoms with Crippen LogP contribution in [0.1, 0.15) is 37.9 Å². The lowest BCUT2D eigenvalue weighted by Gasteiger charge is -2.34. The van der Waals surface area contributed by atoms with Crippen molar-refractivity contribution in [2.24, 2.45) is 0 Å². The van der Waals surface area contributed by atoms with Gasteiger partial charge in [-0.3, -0.25) is 14.4 Å². The van der Waals surface area contributed by atoms with Gasteiger partial charge in [0.2, 0.25) is 11.8 Å². The Labute approximate surface area is 222 Å². The quantitative estimate of drug-likeness (QED) is 0.303. The van der Waals surface area contributed by atoms with Crippen molar-refractivity contribution in [2.75, 3.05) is 20.2 Å². The topological polar surface area (TPSA) is 134 Å². The number of carbonyl (C=O) groups excluding carboxylic acids is 4. The van der Waals surface area contributed by atoms with Gasteiger partial charge in [0.05, 0.1) is 7.11 Å². The Morgan fingerprint density at radius 2 is 1.68 bits per heavy atom. The maximum atomic E-state index is 14.0. The predicted octanol–water partition coefficient (Wildman–Crippen LogP) is 2.87. The van der Waals surface area contributed by atoms with Crippen molar-refractivity contribution in [3.05, 3.63) is 78.4 Å². The molecule has 0 aliphatic carbocycles. The third kappa shape index (κ3) is 9.27. The molecule has 204 valence electrons. The third-order valence-electron chi connectivity index (χ3n) is 5.28. The van der Waals surface area contributed by atoms with Crippen LogP contribution in [0.3, 0.4) is 0 Å². The van der Waals surface area contributed by atoms with Gasteiger partial charge in [-0.1, -0.05) is 48.5 Å². The Balaban J connectivity index is 2.49. The number of phenolic OH excluding ortho intramolecular Hbond substituents is 1. The van der Waals surface area contributed by atoms with Gasteiger partial charge < -0.3 is 30.1 Å². The molecule has 2 atom stereocenters. The fraction of sp³-hybridized carbons (Fsp3) is 0.357. The summed E-state index contributed by atoms with van der Waals surface area (Å²) < 4.78 is 9.98.